The molecule has 0 aromatic rings. The van der Waals surface area contributed by atoms with E-state index in [0.29, 0.717) is 17.9 Å². The van der Waals surface area contributed by atoms with E-state index in [1.807, 2.05) is 0 Å². The molecular weight excluding hydrogens is 252 g/mol. The molecule has 0 amide bonds. The summed E-state index contributed by atoms with van der Waals surface area (Å²) in [5.74, 6) is -0.456. The molecule has 0 atom stereocenters. The number of hydrogen-bond donors (Lipinski definition) is 0. The molecule has 20 heavy (non-hydrogen) atoms. The maximum atomic E-state index is 11.7. The van der Waals surface area contributed by atoms with Gasteiger partial charge in [-0.1, -0.05) is 12.8 Å². The molecule has 3 aliphatic rings. The van der Waals surface area contributed by atoms with Crippen LogP contribution in [0.5, 0.6) is 0 Å². The van der Waals surface area contributed by atoms with Gasteiger partial charge in [-0.3, -0.25) is 9.48 Å². The molecule has 4 nitrogen and oxygen atoms in total. The number of carbonyl (C=O) groups excluding carboxylic acids is 1. The van der Waals surface area contributed by atoms with E-state index >= 15 is 0 Å². The lowest BCUT2D eigenvalue weighted by atomic mass is 9.94. The van der Waals surface area contributed by atoms with Crippen LogP contribution in [0.3, 0.4) is 0 Å². The van der Waals surface area contributed by atoms with E-state index in [4.69, 9.17) is 0 Å². The minimum atomic E-state index is -0.960. The zero-order valence-corrected chi connectivity index (χ0v) is 12.4. The second kappa shape index (κ2) is 6.15. The lowest BCUT2D eigenvalue weighted by molar-refractivity contribution is -0.561. The van der Waals surface area contributed by atoms with Crippen LogP contribution in [-0.2, 0) is 4.79 Å². The summed E-state index contributed by atoms with van der Waals surface area (Å²) in [7, 11) is 0. The van der Waals surface area contributed by atoms with Crippen molar-refractivity contribution in [2.24, 2.45) is 0 Å². The van der Waals surface area contributed by atoms with Gasteiger partial charge in [-0.25, -0.2) is 0 Å². The second-order valence-electron chi connectivity index (χ2n) is 6.58. The molecule has 0 radical (unpaired) electrons. The Morgan fingerprint density at radius 2 is 1.60 bits per heavy atom. The highest BCUT2D eigenvalue weighted by atomic mass is 16.4. The largest absolute Gasteiger partial charge is 0.538 e. The zero-order valence-electron chi connectivity index (χ0n) is 12.4. The van der Waals surface area contributed by atoms with Gasteiger partial charge in [0.1, 0.15) is 13.1 Å². The van der Waals surface area contributed by atoms with Gasteiger partial charge in [0, 0.05) is 0 Å². The Balaban J connectivity index is 1.81. The summed E-state index contributed by atoms with van der Waals surface area (Å²) >= 11 is 0. The average Bonchev–Trinajstić information content (AvgIpc) is 2.94. The molecule has 4 heteroatoms. The molecule has 1 heterocycles. The van der Waals surface area contributed by atoms with Crippen molar-refractivity contribution in [2.75, 3.05) is 13.1 Å². The fraction of sp³-hybridized carbons (Fsp3) is 0.875. The lowest BCUT2D eigenvalue weighted by Gasteiger charge is -2.28. The maximum absolute atomic E-state index is 11.7. The Morgan fingerprint density at radius 3 is 2.20 bits per heavy atom. The molecule has 0 bridgehead atoms. The highest BCUT2D eigenvalue weighted by molar-refractivity contribution is 6.31. The number of carbonyl (C=O) groups is 1. The van der Waals surface area contributed by atoms with Crippen LogP contribution in [0.2, 0.25) is 0 Å². The number of nitrogens with zero attached hydrogens (tertiary/aromatic N) is 2. The van der Waals surface area contributed by atoms with E-state index in [1.165, 1.54) is 38.5 Å². The molecule has 0 aromatic heterocycles. The Bertz CT molecular complexity index is 393. The summed E-state index contributed by atoms with van der Waals surface area (Å²) in [6, 6.07) is 0.871. The molecule has 3 rings (SSSR count). The molecule has 2 fully saturated rings. The predicted molar refractivity (Wildman–Crippen MR) is 75.6 cm³/mol. The van der Waals surface area contributed by atoms with Crippen molar-refractivity contribution in [2.45, 2.75) is 76.3 Å². The monoisotopic (exact) mass is 278 g/mol. The smallest absolute Gasteiger partial charge is 0.295 e. The Hall–Kier alpha value is -1.06. The number of rotatable bonds is 3. The Morgan fingerprint density at radius 1 is 1.00 bits per heavy atom. The summed E-state index contributed by atoms with van der Waals surface area (Å²) in [6.45, 7) is 1.76. The minimum Gasteiger partial charge on any atom is -0.538 e. The van der Waals surface area contributed by atoms with Crippen molar-refractivity contribution in [1.29, 1.82) is 0 Å². The van der Waals surface area contributed by atoms with E-state index in [0.717, 1.165) is 38.8 Å². The first-order valence-corrected chi connectivity index (χ1v) is 8.39. The molecule has 112 valence electrons. The van der Waals surface area contributed by atoms with Crippen LogP contribution in [0.25, 0.3) is 0 Å². The number of amidine groups is 1. The average molecular weight is 278 g/mol. The first-order valence-electron chi connectivity index (χ1n) is 8.39. The third kappa shape index (κ3) is 2.70. The third-order valence-electron chi connectivity index (χ3n) is 5.34. The molecule has 1 aliphatic heterocycles. The van der Waals surface area contributed by atoms with Crippen molar-refractivity contribution in [1.82, 2.24) is 4.90 Å². The SMILES string of the molecule is O=C([O-])C1=[N+](C2CCCCC2)CCN1C1CCCCC1. The summed E-state index contributed by atoms with van der Waals surface area (Å²) in [6.07, 6.45) is 12.2. The van der Waals surface area contributed by atoms with Crippen LogP contribution in [0.15, 0.2) is 0 Å². The van der Waals surface area contributed by atoms with Crippen molar-refractivity contribution in [3.05, 3.63) is 0 Å². The fourth-order valence-electron chi connectivity index (χ4n) is 4.32. The summed E-state index contributed by atoms with van der Waals surface area (Å²) in [5, 5.41) is 11.7. The van der Waals surface area contributed by atoms with Crippen LogP contribution in [0.1, 0.15) is 64.2 Å². The number of aliphatic carboxylic acids is 1. The topological polar surface area (TPSA) is 46.4 Å². The van der Waals surface area contributed by atoms with Gasteiger partial charge < -0.3 is 9.90 Å². The van der Waals surface area contributed by atoms with Gasteiger partial charge in [0.2, 0.25) is 0 Å². The van der Waals surface area contributed by atoms with Gasteiger partial charge in [0.05, 0.1) is 12.1 Å². The van der Waals surface area contributed by atoms with Crippen LogP contribution in [0, 0.1) is 0 Å². The van der Waals surface area contributed by atoms with Crippen molar-refractivity contribution >= 4 is 11.8 Å². The van der Waals surface area contributed by atoms with E-state index in [2.05, 4.69) is 9.48 Å². The third-order valence-corrected chi connectivity index (χ3v) is 5.34. The van der Waals surface area contributed by atoms with Crippen molar-refractivity contribution < 1.29 is 14.5 Å². The van der Waals surface area contributed by atoms with Gasteiger partial charge in [-0.15, -0.1) is 0 Å². The van der Waals surface area contributed by atoms with Crippen molar-refractivity contribution in [3.63, 3.8) is 0 Å². The summed E-state index contributed by atoms with van der Waals surface area (Å²) in [4.78, 5) is 13.8. The molecule has 2 aliphatic carbocycles. The molecule has 0 spiro atoms. The highest BCUT2D eigenvalue weighted by Crippen LogP contribution is 2.27. The molecular formula is C16H26N2O2. The van der Waals surface area contributed by atoms with Crippen LogP contribution >= 0.6 is 0 Å². The highest BCUT2D eigenvalue weighted by Gasteiger charge is 2.40. The first kappa shape index (κ1) is 13.9. The maximum Gasteiger partial charge on any atom is 0.295 e. The van der Waals surface area contributed by atoms with Gasteiger partial charge in [0.15, 0.2) is 5.97 Å². The number of carboxylic acid groups (broad SMARTS) is 1. The van der Waals surface area contributed by atoms with Gasteiger partial charge in [-0.05, 0) is 51.4 Å². The molecule has 0 saturated heterocycles. The van der Waals surface area contributed by atoms with Crippen LogP contribution in [0.4, 0.5) is 0 Å². The summed E-state index contributed by atoms with van der Waals surface area (Å²) in [5.41, 5.74) is 0. The fourth-order valence-corrected chi connectivity index (χ4v) is 4.32. The van der Waals surface area contributed by atoms with Crippen molar-refractivity contribution in [3.8, 4) is 0 Å². The van der Waals surface area contributed by atoms with Gasteiger partial charge in [0.25, 0.3) is 5.84 Å². The zero-order chi connectivity index (χ0) is 13.9. The molecule has 0 unspecified atom stereocenters. The van der Waals surface area contributed by atoms with E-state index in [-0.39, 0.29) is 0 Å². The minimum absolute atomic E-state index is 0.435. The molecule has 2 saturated carbocycles. The standard InChI is InChI=1S/C16H26N2O2/c19-16(20)15-17(13-7-3-1-4-8-13)11-12-18(15)14-9-5-2-6-10-14/h13-14H,1-12H2. The second-order valence-corrected chi connectivity index (χ2v) is 6.58. The Kier molecular flexibility index (Phi) is 4.27. The predicted octanol–water partition coefficient (Wildman–Crippen LogP) is 1.13. The van der Waals surface area contributed by atoms with Crippen LogP contribution < -0.4 is 5.11 Å². The van der Waals surface area contributed by atoms with E-state index < -0.39 is 5.97 Å². The van der Waals surface area contributed by atoms with E-state index in [9.17, 15) is 9.90 Å². The van der Waals surface area contributed by atoms with Gasteiger partial charge in [-0.2, -0.15) is 0 Å². The van der Waals surface area contributed by atoms with E-state index in [1.54, 1.807) is 0 Å². The normalized spacial score (nSPS) is 26.3. The number of carboxylic acids is 1. The summed E-state index contributed by atoms with van der Waals surface area (Å²) < 4.78 is 2.16. The molecule has 0 N–H and O–H groups in total. The Labute approximate surface area is 121 Å². The first-order chi connectivity index (χ1) is 9.77. The molecule has 0 aromatic carbocycles. The number of hydrogen-bond acceptors (Lipinski definition) is 3. The van der Waals surface area contributed by atoms with Gasteiger partial charge >= 0.3 is 0 Å². The lowest BCUT2D eigenvalue weighted by Crippen LogP contribution is -2.50. The quantitative estimate of drug-likeness (QED) is 0.727. The van der Waals surface area contributed by atoms with Crippen LogP contribution in [-0.4, -0.2) is 46.5 Å².